The lowest BCUT2D eigenvalue weighted by Crippen LogP contribution is -2.20. The van der Waals surface area contributed by atoms with Crippen LogP contribution in [0.2, 0.25) is 0 Å². The Bertz CT molecular complexity index is 494. The molecule has 2 heteroatoms. The number of nitrogens with one attached hydrogen (secondary N) is 1. The molecule has 0 aliphatic heterocycles. The van der Waals surface area contributed by atoms with E-state index in [0.717, 1.165) is 23.1 Å². The second-order valence-electron chi connectivity index (χ2n) is 6.51. The molecule has 1 amide bonds. The monoisotopic (exact) mass is 257 g/mol. The highest BCUT2D eigenvalue weighted by Gasteiger charge is 2.40. The van der Waals surface area contributed by atoms with Crippen LogP contribution in [-0.4, -0.2) is 5.91 Å². The largest absolute Gasteiger partial charge is 0.326 e. The summed E-state index contributed by atoms with van der Waals surface area (Å²) in [6.07, 6.45) is 6.13. The molecular formula is C17H23NO. The van der Waals surface area contributed by atoms with Crippen LogP contribution in [0.15, 0.2) is 18.2 Å². The lowest BCUT2D eigenvalue weighted by Gasteiger charge is -2.21. The smallest absolute Gasteiger partial charge is 0.224 e. The highest BCUT2D eigenvalue weighted by atomic mass is 16.1. The molecule has 19 heavy (non-hydrogen) atoms. The minimum absolute atomic E-state index is 0.200. The van der Waals surface area contributed by atoms with Gasteiger partial charge in [0, 0.05) is 12.1 Å². The van der Waals surface area contributed by atoms with E-state index in [1.54, 1.807) is 0 Å². The SMILES string of the molecule is Cc1ccc(C)c(NC(=O)C[C@@H]2C[C@@H]3CC[C@@H]2C3)c1. The maximum atomic E-state index is 12.2. The van der Waals surface area contributed by atoms with Crippen LogP contribution in [0.5, 0.6) is 0 Å². The van der Waals surface area contributed by atoms with Gasteiger partial charge in [-0.15, -0.1) is 0 Å². The van der Waals surface area contributed by atoms with Crippen LogP contribution in [0.4, 0.5) is 5.69 Å². The summed E-state index contributed by atoms with van der Waals surface area (Å²) in [6, 6.07) is 6.22. The molecule has 2 aliphatic carbocycles. The lowest BCUT2D eigenvalue weighted by atomic mass is 9.86. The molecule has 3 atom stereocenters. The number of carbonyl (C=O) groups excluding carboxylic acids is 1. The van der Waals surface area contributed by atoms with Crippen molar-refractivity contribution in [3.8, 4) is 0 Å². The third-order valence-corrected chi connectivity index (χ3v) is 5.00. The van der Waals surface area contributed by atoms with Crippen LogP contribution in [0, 0.1) is 31.6 Å². The first-order chi connectivity index (χ1) is 9.11. The van der Waals surface area contributed by atoms with Crippen LogP contribution in [0.25, 0.3) is 0 Å². The van der Waals surface area contributed by atoms with Gasteiger partial charge in [0.25, 0.3) is 0 Å². The number of hydrogen-bond donors (Lipinski definition) is 1. The fraction of sp³-hybridized carbons (Fsp3) is 0.588. The predicted octanol–water partition coefficient (Wildman–Crippen LogP) is 4.07. The van der Waals surface area contributed by atoms with E-state index in [1.807, 2.05) is 6.92 Å². The zero-order valence-corrected chi connectivity index (χ0v) is 11.9. The molecule has 2 nitrogen and oxygen atoms in total. The first-order valence-corrected chi connectivity index (χ1v) is 7.49. The number of hydrogen-bond acceptors (Lipinski definition) is 1. The predicted molar refractivity (Wildman–Crippen MR) is 78.1 cm³/mol. The van der Waals surface area contributed by atoms with E-state index in [9.17, 15) is 4.79 Å². The minimum atomic E-state index is 0.200. The molecule has 2 fully saturated rings. The molecule has 0 saturated heterocycles. The molecule has 1 N–H and O–H groups in total. The number of anilines is 1. The number of benzene rings is 1. The summed E-state index contributed by atoms with van der Waals surface area (Å²) in [5, 5.41) is 3.10. The zero-order valence-electron chi connectivity index (χ0n) is 11.9. The normalized spacial score (nSPS) is 28.6. The summed E-state index contributed by atoms with van der Waals surface area (Å²) in [4.78, 5) is 12.2. The van der Waals surface area contributed by atoms with Gasteiger partial charge in [0.15, 0.2) is 0 Å². The van der Waals surface area contributed by atoms with Crippen LogP contribution in [-0.2, 0) is 4.79 Å². The number of amides is 1. The van der Waals surface area contributed by atoms with Crippen molar-refractivity contribution in [2.24, 2.45) is 17.8 Å². The third-order valence-electron chi connectivity index (χ3n) is 5.00. The van der Waals surface area contributed by atoms with Gasteiger partial charge < -0.3 is 5.32 Å². The summed E-state index contributed by atoms with van der Waals surface area (Å²) >= 11 is 0. The van der Waals surface area contributed by atoms with E-state index in [4.69, 9.17) is 0 Å². The topological polar surface area (TPSA) is 29.1 Å². The van der Waals surface area contributed by atoms with Gasteiger partial charge in [0.05, 0.1) is 0 Å². The van der Waals surface area contributed by atoms with Gasteiger partial charge in [0.1, 0.15) is 0 Å². The van der Waals surface area contributed by atoms with Crippen molar-refractivity contribution < 1.29 is 4.79 Å². The average molecular weight is 257 g/mol. The lowest BCUT2D eigenvalue weighted by molar-refractivity contribution is -0.117. The first-order valence-electron chi connectivity index (χ1n) is 7.49. The Balaban J connectivity index is 1.61. The highest BCUT2D eigenvalue weighted by molar-refractivity contribution is 5.91. The second-order valence-corrected chi connectivity index (χ2v) is 6.51. The maximum Gasteiger partial charge on any atom is 0.224 e. The van der Waals surface area contributed by atoms with E-state index < -0.39 is 0 Å². The number of rotatable bonds is 3. The van der Waals surface area contributed by atoms with Crippen molar-refractivity contribution in [2.45, 2.75) is 46.0 Å². The Hall–Kier alpha value is -1.31. The fourth-order valence-electron chi connectivity index (χ4n) is 3.94. The van der Waals surface area contributed by atoms with Crippen molar-refractivity contribution in [1.82, 2.24) is 0 Å². The number of fused-ring (bicyclic) bond motifs is 2. The average Bonchev–Trinajstić information content (AvgIpc) is 2.96. The van der Waals surface area contributed by atoms with Crippen LogP contribution < -0.4 is 5.32 Å². The molecular weight excluding hydrogens is 234 g/mol. The molecule has 0 radical (unpaired) electrons. The van der Waals surface area contributed by atoms with Gasteiger partial charge in [0.2, 0.25) is 5.91 Å². The minimum Gasteiger partial charge on any atom is -0.326 e. The van der Waals surface area contributed by atoms with Crippen molar-refractivity contribution >= 4 is 11.6 Å². The van der Waals surface area contributed by atoms with Crippen LogP contribution in [0.3, 0.4) is 0 Å². The standard InChI is InChI=1S/C17H23NO/c1-11-3-4-12(2)16(7-11)18-17(19)10-15-9-13-5-6-14(15)8-13/h3-4,7,13-15H,5-6,8-10H2,1-2H3,(H,18,19)/t13-,14-,15+/m1/s1. The summed E-state index contributed by atoms with van der Waals surface area (Å²) < 4.78 is 0. The summed E-state index contributed by atoms with van der Waals surface area (Å²) in [7, 11) is 0. The molecule has 0 spiro atoms. The van der Waals surface area contributed by atoms with Crippen molar-refractivity contribution in [3.05, 3.63) is 29.3 Å². The van der Waals surface area contributed by atoms with E-state index in [0.29, 0.717) is 12.3 Å². The van der Waals surface area contributed by atoms with Crippen molar-refractivity contribution in [2.75, 3.05) is 5.32 Å². The third kappa shape index (κ3) is 2.68. The first kappa shape index (κ1) is 12.7. The second kappa shape index (κ2) is 4.99. The highest BCUT2D eigenvalue weighted by Crippen LogP contribution is 2.49. The van der Waals surface area contributed by atoms with Gasteiger partial charge >= 0.3 is 0 Å². The molecule has 1 aromatic carbocycles. The number of carbonyl (C=O) groups is 1. The summed E-state index contributed by atoms with van der Waals surface area (Å²) in [5.41, 5.74) is 3.32. The Morgan fingerprint density at radius 1 is 1.26 bits per heavy atom. The van der Waals surface area contributed by atoms with E-state index >= 15 is 0 Å². The quantitative estimate of drug-likeness (QED) is 0.869. The van der Waals surface area contributed by atoms with Gasteiger partial charge in [-0.05, 0) is 68.1 Å². The van der Waals surface area contributed by atoms with Crippen LogP contribution in [0.1, 0.15) is 43.2 Å². The molecule has 0 unspecified atom stereocenters. The molecule has 0 aromatic heterocycles. The Morgan fingerprint density at radius 3 is 2.79 bits per heavy atom. The molecule has 2 bridgehead atoms. The molecule has 3 rings (SSSR count). The zero-order chi connectivity index (χ0) is 13.4. The number of aryl methyl sites for hydroxylation is 2. The van der Waals surface area contributed by atoms with Crippen molar-refractivity contribution in [1.29, 1.82) is 0 Å². The van der Waals surface area contributed by atoms with Gasteiger partial charge in [-0.25, -0.2) is 0 Å². The summed E-state index contributed by atoms with van der Waals surface area (Å²) in [5.74, 6) is 2.59. The Kier molecular flexibility index (Phi) is 3.34. The molecule has 0 heterocycles. The Labute approximate surface area is 115 Å². The van der Waals surface area contributed by atoms with Gasteiger partial charge in [-0.2, -0.15) is 0 Å². The summed E-state index contributed by atoms with van der Waals surface area (Å²) in [6.45, 7) is 4.11. The molecule has 102 valence electrons. The molecule has 1 aromatic rings. The fourth-order valence-corrected chi connectivity index (χ4v) is 3.94. The van der Waals surface area contributed by atoms with Crippen molar-refractivity contribution in [3.63, 3.8) is 0 Å². The van der Waals surface area contributed by atoms with E-state index in [2.05, 4.69) is 30.4 Å². The van der Waals surface area contributed by atoms with Gasteiger partial charge in [-0.3, -0.25) is 4.79 Å². The van der Waals surface area contributed by atoms with Crippen LogP contribution >= 0.6 is 0 Å². The van der Waals surface area contributed by atoms with Gasteiger partial charge in [-0.1, -0.05) is 18.6 Å². The maximum absolute atomic E-state index is 12.2. The van der Waals surface area contributed by atoms with E-state index in [-0.39, 0.29) is 5.91 Å². The Morgan fingerprint density at radius 2 is 2.11 bits per heavy atom. The molecule has 2 aliphatic rings. The van der Waals surface area contributed by atoms with E-state index in [1.165, 1.54) is 31.2 Å². The molecule has 2 saturated carbocycles.